The molecule has 0 aromatic heterocycles. The van der Waals surface area contributed by atoms with Crippen molar-refractivity contribution in [1.82, 2.24) is 0 Å². The maximum Gasteiger partial charge on any atom is 0.305 e. The van der Waals surface area contributed by atoms with Gasteiger partial charge in [-0.25, -0.2) is 0 Å². The zero-order chi connectivity index (χ0) is 23.8. The van der Waals surface area contributed by atoms with Crippen LogP contribution in [0.5, 0.6) is 0 Å². The SMILES string of the molecule is CC/C=C/C=C/C=C/[C@H](O[Si](C)(C)C)[C@H](CCCCCCCC(=O)OC)O[Si](C)(C)C. The molecule has 0 amide bonds. The Labute approximate surface area is 194 Å². The molecule has 0 fully saturated rings. The molecule has 0 radical (unpaired) electrons. The van der Waals surface area contributed by atoms with Crippen LogP contribution in [-0.2, 0) is 18.4 Å². The fourth-order valence-corrected chi connectivity index (χ4v) is 5.36. The number of rotatable bonds is 17. The first kappa shape index (κ1) is 30.0. The molecule has 0 heterocycles. The average molecular weight is 469 g/mol. The molecule has 0 spiro atoms. The van der Waals surface area contributed by atoms with E-state index in [-0.39, 0.29) is 18.2 Å². The number of esters is 1. The molecule has 2 atom stereocenters. The lowest BCUT2D eigenvalue weighted by molar-refractivity contribution is -0.140. The van der Waals surface area contributed by atoms with E-state index in [4.69, 9.17) is 13.6 Å². The molecule has 0 rings (SSSR count). The first-order valence-corrected chi connectivity index (χ1v) is 18.7. The van der Waals surface area contributed by atoms with Crippen molar-refractivity contribution in [3.8, 4) is 0 Å². The van der Waals surface area contributed by atoms with Crippen molar-refractivity contribution < 1.29 is 18.4 Å². The maximum atomic E-state index is 11.2. The first-order chi connectivity index (χ1) is 14.5. The van der Waals surface area contributed by atoms with Gasteiger partial charge in [-0.3, -0.25) is 4.79 Å². The molecule has 6 heteroatoms. The Kier molecular flexibility index (Phi) is 16.1. The molecule has 0 bridgehead atoms. The van der Waals surface area contributed by atoms with Crippen LogP contribution in [0, 0.1) is 0 Å². The normalized spacial score (nSPS) is 15.2. The summed E-state index contributed by atoms with van der Waals surface area (Å²) in [7, 11) is -1.97. The first-order valence-electron chi connectivity index (χ1n) is 11.9. The van der Waals surface area contributed by atoms with Gasteiger partial charge in [-0.15, -0.1) is 0 Å². The van der Waals surface area contributed by atoms with Gasteiger partial charge in [-0.05, 0) is 58.5 Å². The van der Waals surface area contributed by atoms with E-state index in [1.807, 2.05) is 0 Å². The highest BCUT2D eigenvalue weighted by Gasteiger charge is 2.30. The Bertz CT molecular complexity index is 557. The highest BCUT2D eigenvalue weighted by atomic mass is 28.4. The lowest BCUT2D eigenvalue weighted by Gasteiger charge is -2.35. The Balaban J connectivity index is 4.95. The van der Waals surface area contributed by atoms with Crippen molar-refractivity contribution in [3.05, 3.63) is 36.5 Å². The van der Waals surface area contributed by atoms with Crippen LogP contribution < -0.4 is 0 Å². The Morgan fingerprint density at radius 1 is 0.806 bits per heavy atom. The summed E-state index contributed by atoms with van der Waals surface area (Å²) in [5.74, 6) is -0.110. The highest BCUT2D eigenvalue weighted by molar-refractivity contribution is 6.70. The molecule has 0 unspecified atom stereocenters. The smallest absolute Gasteiger partial charge is 0.305 e. The number of methoxy groups -OCH3 is 1. The number of carbonyl (C=O) groups is 1. The molecule has 180 valence electrons. The molecular weight excluding hydrogens is 420 g/mol. The minimum Gasteiger partial charge on any atom is -0.469 e. The molecule has 0 aromatic rings. The van der Waals surface area contributed by atoms with E-state index < -0.39 is 16.6 Å². The fourth-order valence-electron chi connectivity index (χ4n) is 3.16. The predicted octanol–water partition coefficient (Wildman–Crippen LogP) is 7.41. The lowest BCUT2D eigenvalue weighted by Crippen LogP contribution is -2.43. The molecule has 4 nitrogen and oxygen atoms in total. The molecule has 0 N–H and O–H groups in total. The Morgan fingerprint density at radius 3 is 1.97 bits per heavy atom. The van der Waals surface area contributed by atoms with Gasteiger partial charge in [0.1, 0.15) is 0 Å². The van der Waals surface area contributed by atoms with E-state index in [1.54, 1.807) is 0 Å². The van der Waals surface area contributed by atoms with Gasteiger partial charge in [0.05, 0.1) is 19.3 Å². The third kappa shape index (κ3) is 19.5. The van der Waals surface area contributed by atoms with Crippen molar-refractivity contribution in [2.24, 2.45) is 0 Å². The number of ether oxygens (including phenoxy) is 1. The molecule has 0 saturated carbocycles. The highest BCUT2D eigenvalue weighted by Crippen LogP contribution is 2.23. The Morgan fingerprint density at radius 2 is 1.39 bits per heavy atom. The summed E-state index contributed by atoms with van der Waals surface area (Å²) >= 11 is 0. The molecular formula is C25H48O4Si2. The third-order valence-corrected chi connectivity index (χ3v) is 6.45. The van der Waals surface area contributed by atoms with Crippen molar-refractivity contribution in [2.75, 3.05) is 7.11 Å². The summed E-state index contributed by atoms with van der Waals surface area (Å²) in [6.07, 6.45) is 20.6. The van der Waals surface area contributed by atoms with Crippen LogP contribution in [0.4, 0.5) is 0 Å². The summed E-state index contributed by atoms with van der Waals surface area (Å²) in [5.41, 5.74) is 0. The van der Waals surface area contributed by atoms with E-state index in [1.165, 1.54) is 7.11 Å². The molecule has 0 aliphatic carbocycles. The predicted molar refractivity (Wildman–Crippen MR) is 138 cm³/mol. The third-order valence-electron chi connectivity index (χ3n) is 4.46. The minimum atomic E-state index is -1.72. The van der Waals surface area contributed by atoms with Crippen LogP contribution >= 0.6 is 0 Å². The minimum absolute atomic E-state index is 0.0162. The number of hydrogen-bond donors (Lipinski definition) is 0. The van der Waals surface area contributed by atoms with Crippen LogP contribution in [0.25, 0.3) is 0 Å². The average Bonchev–Trinajstić information content (AvgIpc) is 2.66. The summed E-state index contributed by atoms with van der Waals surface area (Å²) in [6, 6.07) is 0. The van der Waals surface area contributed by atoms with Gasteiger partial charge < -0.3 is 13.6 Å². The molecule has 0 aromatic carbocycles. The van der Waals surface area contributed by atoms with E-state index in [0.717, 1.165) is 44.9 Å². The summed E-state index contributed by atoms with van der Waals surface area (Å²) in [6.45, 7) is 15.6. The fraction of sp³-hybridized carbons (Fsp3) is 0.720. The lowest BCUT2D eigenvalue weighted by atomic mass is 10.0. The summed E-state index contributed by atoms with van der Waals surface area (Å²) in [4.78, 5) is 11.2. The van der Waals surface area contributed by atoms with Crippen LogP contribution in [0.15, 0.2) is 36.5 Å². The van der Waals surface area contributed by atoms with Gasteiger partial charge in [0.25, 0.3) is 0 Å². The zero-order valence-electron chi connectivity index (χ0n) is 21.4. The van der Waals surface area contributed by atoms with Gasteiger partial charge in [-0.2, -0.15) is 0 Å². The number of unbranched alkanes of at least 4 members (excludes halogenated alkanes) is 4. The number of hydrogen-bond acceptors (Lipinski definition) is 4. The topological polar surface area (TPSA) is 44.8 Å². The molecule has 0 aliphatic heterocycles. The van der Waals surface area contributed by atoms with Gasteiger partial charge in [0.2, 0.25) is 0 Å². The largest absolute Gasteiger partial charge is 0.469 e. The Hall–Kier alpha value is -0.956. The van der Waals surface area contributed by atoms with E-state index in [9.17, 15) is 4.79 Å². The number of carbonyl (C=O) groups excluding carboxylic acids is 1. The summed E-state index contributed by atoms with van der Waals surface area (Å²) < 4.78 is 17.9. The monoisotopic (exact) mass is 468 g/mol. The van der Waals surface area contributed by atoms with Crippen LogP contribution in [-0.4, -0.2) is 41.9 Å². The van der Waals surface area contributed by atoms with Gasteiger partial charge in [0, 0.05) is 6.42 Å². The maximum absolute atomic E-state index is 11.2. The van der Waals surface area contributed by atoms with Crippen LogP contribution in [0.1, 0.15) is 58.3 Å². The van der Waals surface area contributed by atoms with E-state index in [2.05, 4.69) is 82.7 Å². The zero-order valence-corrected chi connectivity index (χ0v) is 23.4. The van der Waals surface area contributed by atoms with Crippen molar-refractivity contribution in [2.45, 2.75) is 110 Å². The molecule has 0 aliphatic rings. The van der Waals surface area contributed by atoms with Gasteiger partial charge in [0.15, 0.2) is 16.6 Å². The van der Waals surface area contributed by atoms with E-state index >= 15 is 0 Å². The second kappa shape index (κ2) is 16.6. The standard InChI is InChI=1S/C25H48O4Si2/c1-9-10-11-12-14-17-20-23(28-30(3,4)5)24(29-31(6,7)8)21-18-15-13-16-19-22-25(26)27-2/h10-12,14,17,20,23-24H,9,13,15-16,18-19,21-22H2,1-8H3/b11-10+,14-12+,20-17+/t23-,24-/m0/s1. The summed E-state index contributed by atoms with van der Waals surface area (Å²) in [5, 5.41) is 0. The second-order valence-corrected chi connectivity index (χ2v) is 18.9. The second-order valence-electron chi connectivity index (χ2n) is 9.95. The van der Waals surface area contributed by atoms with Gasteiger partial charge in [-0.1, -0.05) is 69.1 Å². The molecule has 31 heavy (non-hydrogen) atoms. The van der Waals surface area contributed by atoms with E-state index in [0.29, 0.717) is 6.42 Å². The van der Waals surface area contributed by atoms with Crippen molar-refractivity contribution in [1.29, 1.82) is 0 Å². The van der Waals surface area contributed by atoms with Crippen molar-refractivity contribution >= 4 is 22.6 Å². The van der Waals surface area contributed by atoms with Crippen LogP contribution in [0.3, 0.4) is 0 Å². The number of allylic oxidation sites excluding steroid dienone is 5. The van der Waals surface area contributed by atoms with Crippen molar-refractivity contribution in [3.63, 3.8) is 0 Å². The van der Waals surface area contributed by atoms with Gasteiger partial charge >= 0.3 is 5.97 Å². The molecule has 0 saturated heterocycles. The quantitative estimate of drug-likeness (QED) is 0.0964. The van der Waals surface area contributed by atoms with Crippen LogP contribution in [0.2, 0.25) is 39.3 Å².